The van der Waals surface area contributed by atoms with E-state index in [1.807, 2.05) is 6.92 Å². The molecule has 94 valence electrons. The summed E-state index contributed by atoms with van der Waals surface area (Å²) in [7, 11) is 1.73. The minimum absolute atomic E-state index is 0.136. The van der Waals surface area contributed by atoms with Crippen molar-refractivity contribution >= 4 is 17.5 Å². The normalized spacial score (nSPS) is 10.4. The molecule has 6 heteroatoms. The first-order chi connectivity index (χ1) is 8.59. The highest BCUT2D eigenvalue weighted by Crippen LogP contribution is 2.16. The van der Waals surface area contributed by atoms with Gasteiger partial charge in [-0.1, -0.05) is 11.6 Å². The smallest absolute Gasteiger partial charge is 0.255 e. The number of hydrogen-bond donors (Lipinski definition) is 1. The molecule has 0 spiro atoms. The molecule has 0 saturated carbocycles. The van der Waals surface area contributed by atoms with Crippen LogP contribution in [0, 0.1) is 6.92 Å². The molecule has 2 aromatic rings. The SMILES string of the molecule is Cc1[nH]ncc1CN(C)C(=O)c1ccncc1Cl. The second-order valence-corrected chi connectivity index (χ2v) is 4.44. The van der Waals surface area contributed by atoms with Crippen molar-refractivity contribution in [3.8, 4) is 0 Å². The highest BCUT2D eigenvalue weighted by atomic mass is 35.5. The Kier molecular flexibility index (Phi) is 3.62. The Morgan fingerprint density at radius 2 is 2.28 bits per heavy atom. The number of hydrogen-bond acceptors (Lipinski definition) is 3. The van der Waals surface area contributed by atoms with Gasteiger partial charge < -0.3 is 4.90 Å². The number of carbonyl (C=O) groups is 1. The summed E-state index contributed by atoms with van der Waals surface area (Å²) in [6.45, 7) is 2.40. The number of nitrogens with one attached hydrogen (secondary N) is 1. The van der Waals surface area contributed by atoms with Gasteiger partial charge in [-0.25, -0.2) is 0 Å². The zero-order chi connectivity index (χ0) is 13.1. The largest absolute Gasteiger partial charge is 0.337 e. The summed E-state index contributed by atoms with van der Waals surface area (Å²) in [6.07, 6.45) is 4.73. The second kappa shape index (κ2) is 5.18. The van der Waals surface area contributed by atoms with Crippen LogP contribution >= 0.6 is 11.6 Å². The quantitative estimate of drug-likeness (QED) is 0.923. The summed E-state index contributed by atoms with van der Waals surface area (Å²) in [5.41, 5.74) is 2.39. The average Bonchev–Trinajstić information content (AvgIpc) is 2.75. The first-order valence-electron chi connectivity index (χ1n) is 5.43. The van der Waals surface area contributed by atoms with Crippen LogP contribution in [0.1, 0.15) is 21.6 Å². The van der Waals surface area contributed by atoms with E-state index in [4.69, 9.17) is 11.6 Å². The fourth-order valence-corrected chi connectivity index (χ4v) is 1.82. The molecule has 0 bridgehead atoms. The molecule has 2 aromatic heterocycles. The predicted molar refractivity (Wildman–Crippen MR) is 68.4 cm³/mol. The van der Waals surface area contributed by atoms with E-state index in [1.165, 1.54) is 6.20 Å². The topological polar surface area (TPSA) is 61.9 Å². The maximum absolute atomic E-state index is 12.2. The fraction of sp³-hybridized carbons (Fsp3) is 0.250. The highest BCUT2D eigenvalue weighted by Gasteiger charge is 2.16. The molecule has 1 N–H and O–H groups in total. The van der Waals surface area contributed by atoms with E-state index in [-0.39, 0.29) is 5.91 Å². The number of aromatic nitrogens is 3. The summed E-state index contributed by atoms with van der Waals surface area (Å²) in [5, 5.41) is 7.12. The lowest BCUT2D eigenvalue weighted by Crippen LogP contribution is -2.26. The maximum Gasteiger partial charge on any atom is 0.255 e. The van der Waals surface area contributed by atoms with Crippen molar-refractivity contribution < 1.29 is 4.79 Å². The van der Waals surface area contributed by atoms with E-state index in [0.29, 0.717) is 17.1 Å². The molecule has 0 radical (unpaired) electrons. The molecule has 18 heavy (non-hydrogen) atoms. The Labute approximate surface area is 110 Å². The summed E-state index contributed by atoms with van der Waals surface area (Å²) in [4.78, 5) is 17.6. The Morgan fingerprint density at radius 1 is 1.50 bits per heavy atom. The minimum atomic E-state index is -0.136. The van der Waals surface area contributed by atoms with Crippen LogP contribution in [0.25, 0.3) is 0 Å². The Morgan fingerprint density at radius 3 is 2.89 bits per heavy atom. The van der Waals surface area contributed by atoms with Crippen LogP contribution in [0.3, 0.4) is 0 Å². The lowest BCUT2D eigenvalue weighted by molar-refractivity contribution is 0.0785. The number of aryl methyl sites for hydroxylation is 1. The Balaban J connectivity index is 2.15. The Bertz CT molecular complexity index is 567. The molecule has 0 fully saturated rings. The lowest BCUT2D eigenvalue weighted by atomic mass is 10.2. The van der Waals surface area contributed by atoms with Gasteiger partial charge in [0.2, 0.25) is 0 Å². The zero-order valence-corrected chi connectivity index (χ0v) is 10.9. The molecule has 0 aromatic carbocycles. The van der Waals surface area contributed by atoms with Crippen LogP contribution < -0.4 is 0 Å². The van der Waals surface area contributed by atoms with Gasteiger partial charge in [0.25, 0.3) is 5.91 Å². The van der Waals surface area contributed by atoms with Crippen molar-refractivity contribution in [2.45, 2.75) is 13.5 Å². The van der Waals surface area contributed by atoms with Gasteiger partial charge in [0.1, 0.15) is 0 Å². The summed E-state index contributed by atoms with van der Waals surface area (Å²) in [6, 6.07) is 1.61. The molecule has 0 unspecified atom stereocenters. The molecule has 2 rings (SSSR count). The monoisotopic (exact) mass is 264 g/mol. The van der Waals surface area contributed by atoms with Crippen molar-refractivity contribution in [2.75, 3.05) is 7.05 Å². The van der Waals surface area contributed by atoms with Crippen molar-refractivity contribution in [3.05, 3.63) is 46.5 Å². The van der Waals surface area contributed by atoms with Gasteiger partial charge in [0.05, 0.1) is 16.8 Å². The van der Waals surface area contributed by atoms with Crippen LogP contribution in [0.4, 0.5) is 0 Å². The molecule has 5 nitrogen and oxygen atoms in total. The van der Waals surface area contributed by atoms with E-state index in [0.717, 1.165) is 11.3 Å². The van der Waals surface area contributed by atoms with E-state index >= 15 is 0 Å². The van der Waals surface area contributed by atoms with Gasteiger partial charge in [-0.15, -0.1) is 0 Å². The van der Waals surface area contributed by atoms with Crippen LogP contribution in [0.2, 0.25) is 5.02 Å². The second-order valence-electron chi connectivity index (χ2n) is 4.04. The first kappa shape index (κ1) is 12.6. The lowest BCUT2D eigenvalue weighted by Gasteiger charge is -2.17. The van der Waals surface area contributed by atoms with Crippen LogP contribution in [-0.2, 0) is 6.54 Å². The number of halogens is 1. The van der Waals surface area contributed by atoms with Crippen molar-refractivity contribution in [2.24, 2.45) is 0 Å². The first-order valence-corrected chi connectivity index (χ1v) is 5.81. The van der Waals surface area contributed by atoms with Crippen molar-refractivity contribution in [1.29, 1.82) is 0 Å². The van der Waals surface area contributed by atoms with Gasteiger partial charge in [-0.05, 0) is 13.0 Å². The summed E-state index contributed by atoms with van der Waals surface area (Å²) >= 11 is 5.95. The number of amides is 1. The number of rotatable bonds is 3. The van der Waals surface area contributed by atoms with Gasteiger partial charge in [-0.2, -0.15) is 5.10 Å². The van der Waals surface area contributed by atoms with E-state index in [1.54, 1.807) is 30.4 Å². The van der Waals surface area contributed by atoms with E-state index < -0.39 is 0 Å². The van der Waals surface area contributed by atoms with Gasteiger partial charge in [0, 0.05) is 37.2 Å². The third-order valence-electron chi connectivity index (χ3n) is 2.69. The van der Waals surface area contributed by atoms with Gasteiger partial charge in [0.15, 0.2) is 0 Å². The number of nitrogens with zero attached hydrogens (tertiary/aromatic N) is 3. The zero-order valence-electron chi connectivity index (χ0n) is 10.1. The molecule has 1 amide bonds. The number of pyridine rings is 1. The van der Waals surface area contributed by atoms with Crippen molar-refractivity contribution in [1.82, 2.24) is 20.1 Å². The number of aromatic amines is 1. The van der Waals surface area contributed by atoms with Gasteiger partial charge in [-0.3, -0.25) is 14.9 Å². The van der Waals surface area contributed by atoms with Crippen LogP contribution in [0.15, 0.2) is 24.7 Å². The van der Waals surface area contributed by atoms with E-state index in [2.05, 4.69) is 15.2 Å². The third kappa shape index (κ3) is 2.51. The van der Waals surface area contributed by atoms with Crippen molar-refractivity contribution in [3.63, 3.8) is 0 Å². The van der Waals surface area contributed by atoms with Gasteiger partial charge >= 0.3 is 0 Å². The third-order valence-corrected chi connectivity index (χ3v) is 2.99. The highest BCUT2D eigenvalue weighted by molar-refractivity contribution is 6.33. The Hall–Kier alpha value is -1.88. The molecule has 0 aliphatic heterocycles. The maximum atomic E-state index is 12.2. The summed E-state index contributed by atoms with van der Waals surface area (Å²) in [5.74, 6) is -0.136. The molecule has 0 aliphatic carbocycles. The standard InChI is InChI=1S/C12H13ClN4O/c1-8-9(5-15-16-8)7-17(2)12(18)10-3-4-14-6-11(10)13/h3-6H,7H2,1-2H3,(H,15,16). The molecule has 0 atom stereocenters. The van der Waals surface area contributed by atoms with E-state index in [9.17, 15) is 4.79 Å². The molecule has 0 aliphatic rings. The average molecular weight is 265 g/mol. The van der Waals surface area contributed by atoms with Crippen LogP contribution in [-0.4, -0.2) is 33.0 Å². The predicted octanol–water partition coefficient (Wildman–Crippen LogP) is 2.04. The molecular formula is C12H13ClN4O. The number of carbonyl (C=O) groups excluding carboxylic acids is 1. The van der Waals surface area contributed by atoms with Crippen LogP contribution in [0.5, 0.6) is 0 Å². The fourth-order valence-electron chi connectivity index (χ4n) is 1.62. The molecule has 0 saturated heterocycles. The summed E-state index contributed by atoms with van der Waals surface area (Å²) < 4.78 is 0. The molecule has 2 heterocycles. The number of H-pyrrole nitrogens is 1. The molecular weight excluding hydrogens is 252 g/mol. The minimum Gasteiger partial charge on any atom is -0.337 e.